The summed E-state index contributed by atoms with van der Waals surface area (Å²) in [5.41, 5.74) is 0. The number of rotatable bonds is 5. The fraction of sp³-hybridized carbons (Fsp3) is 1.00. The van der Waals surface area contributed by atoms with E-state index in [0.29, 0.717) is 12.1 Å². The lowest BCUT2D eigenvalue weighted by Crippen LogP contribution is -2.23. The van der Waals surface area contributed by atoms with Crippen molar-refractivity contribution in [2.24, 2.45) is 11.8 Å². The zero-order valence-corrected chi connectivity index (χ0v) is 9.46. The molecule has 0 spiro atoms. The molecule has 1 aliphatic heterocycles. The first-order valence-electron chi connectivity index (χ1n) is 6.09. The Balaban J connectivity index is 1.60. The molecule has 0 aromatic rings. The van der Waals surface area contributed by atoms with Crippen LogP contribution in [-0.2, 0) is 4.74 Å². The van der Waals surface area contributed by atoms with Crippen molar-refractivity contribution in [1.82, 2.24) is 5.32 Å². The minimum Gasteiger partial charge on any atom is -0.377 e. The Bertz CT molecular complexity index is 177. The van der Waals surface area contributed by atoms with Gasteiger partial charge in [-0.15, -0.1) is 0 Å². The third-order valence-corrected chi connectivity index (χ3v) is 3.20. The van der Waals surface area contributed by atoms with Crippen molar-refractivity contribution in [1.29, 1.82) is 0 Å². The van der Waals surface area contributed by atoms with Crippen LogP contribution in [-0.4, -0.2) is 25.3 Å². The molecule has 82 valence electrons. The predicted octanol–water partition coefficient (Wildman–Crippen LogP) is 2.19. The molecule has 0 aromatic heterocycles. The monoisotopic (exact) mass is 197 g/mol. The molecular formula is C12H23NO. The van der Waals surface area contributed by atoms with E-state index in [4.69, 9.17) is 4.74 Å². The summed E-state index contributed by atoms with van der Waals surface area (Å²) in [6.07, 6.45) is 5.82. The molecule has 1 aliphatic carbocycles. The first kappa shape index (κ1) is 10.4. The van der Waals surface area contributed by atoms with E-state index in [2.05, 4.69) is 19.2 Å². The van der Waals surface area contributed by atoms with Gasteiger partial charge >= 0.3 is 0 Å². The Morgan fingerprint density at radius 1 is 1.36 bits per heavy atom. The highest BCUT2D eigenvalue weighted by Crippen LogP contribution is 2.30. The number of hydrogen-bond donors (Lipinski definition) is 1. The SMILES string of the molecule is CC(C)CC1CC(OCC2CC2)CN1. The van der Waals surface area contributed by atoms with Crippen molar-refractivity contribution in [2.75, 3.05) is 13.2 Å². The van der Waals surface area contributed by atoms with Gasteiger partial charge in [-0.3, -0.25) is 0 Å². The van der Waals surface area contributed by atoms with Crippen molar-refractivity contribution < 1.29 is 4.74 Å². The molecular weight excluding hydrogens is 174 g/mol. The Labute approximate surface area is 87.4 Å². The van der Waals surface area contributed by atoms with Crippen molar-refractivity contribution in [3.63, 3.8) is 0 Å². The summed E-state index contributed by atoms with van der Waals surface area (Å²) >= 11 is 0. The zero-order chi connectivity index (χ0) is 9.97. The third-order valence-electron chi connectivity index (χ3n) is 3.20. The van der Waals surface area contributed by atoms with Crippen LogP contribution in [0.5, 0.6) is 0 Å². The summed E-state index contributed by atoms with van der Waals surface area (Å²) in [6.45, 7) is 6.67. The van der Waals surface area contributed by atoms with Crippen LogP contribution in [0.2, 0.25) is 0 Å². The van der Waals surface area contributed by atoms with E-state index >= 15 is 0 Å². The van der Waals surface area contributed by atoms with Gasteiger partial charge in [0.2, 0.25) is 0 Å². The van der Waals surface area contributed by atoms with Gasteiger partial charge in [0.15, 0.2) is 0 Å². The maximum atomic E-state index is 5.88. The molecule has 14 heavy (non-hydrogen) atoms. The second-order valence-electron chi connectivity index (χ2n) is 5.37. The molecule has 0 amide bonds. The molecule has 2 nitrogen and oxygen atoms in total. The summed E-state index contributed by atoms with van der Waals surface area (Å²) in [7, 11) is 0. The summed E-state index contributed by atoms with van der Waals surface area (Å²) in [4.78, 5) is 0. The third kappa shape index (κ3) is 3.25. The van der Waals surface area contributed by atoms with Crippen LogP contribution in [0.3, 0.4) is 0 Å². The minimum absolute atomic E-state index is 0.499. The molecule has 2 rings (SSSR count). The summed E-state index contributed by atoms with van der Waals surface area (Å²) < 4.78 is 5.88. The van der Waals surface area contributed by atoms with E-state index in [1.54, 1.807) is 0 Å². The molecule has 0 aromatic carbocycles. The van der Waals surface area contributed by atoms with Gasteiger partial charge < -0.3 is 10.1 Å². The number of nitrogens with one attached hydrogen (secondary N) is 1. The molecule has 2 unspecified atom stereocenters. The minimum atomic E-state index is 0.499. The lowest BCUT2D eigenvalue weighted by atomic mass is 10.0. The quantitative estimate of drug-likeness (QED) is 0.729. The normalized spacial score (nSPS) is 32.8. The summed E-state index contributed by atoms with van der Waals surface area (Å²) in [5, 5.41) is 3.56. The van der Waals surface area contributed by atoms with Gasteiger partial charge in [0.25, 0.3) is 0 Å². The van der Waals surface area contributed by atoms with E-state index in [-0.39, 0.29) is 0 Å². The maximum absolute atomic E-state index is 5.88. The smallest absolute Gasteiger partial charge is 0.0714 e. The molecule has 1 N–H and O–H groups in total. The van der Waals surface area contributed by atoms with Gasteiger partial charge in [-0.2, -0.15) is 0 Å². The largest absolute Gasteiger partial charge is 0.377 e. The van der Waals surface area contributed by atoms with Gasteiger partial charge in [-0.1, -0.05) is 13.8 Å². The highest BCUT2D eigenvalue weighted by atomic mass is 16.5. The molecule has 2 atom stereocenters. The van der Waals surface area contributed by atoms with Gasteiger partial charge in [0.05, 0.1) is 6.10 Å². The number of ether oxygens (including phenoxy) is 1. The van der Waals surface area contributed by atoms with Gasteiger partial charge in [0, 0.05) is 19.2 Å². The first-order valence-corrected chi connectivity index (χ1v) is 6.09. The van der Waals surface area contributed by atoms with Crippen LogP contribution >= 0.6 is 0 Å². The van der Waals surface area contributed by atoms with Crippen LogP contribution in [0.15, 0.2) is 0 Å². The zero-order valence-electron chi connectivity index (χ0n) is 9.46. The Morgan fingerprint density at radius 2 is 2.14 bits per heavy atom. The maximum Gasteiger partial charge on any atom is 0.0714 e. The highest BCUT2D eigenvalue weighted by molar-refractivity contribution is 4.83. The van der Waals surface area contributed by atoms with Crippen molar-refractivity contribution >= 4 is 0 Å². The van der Waals surface area contributed by atoms with Crippen LogP contribution < -0.4 is 5.32 Å². The van der Waals surface area contributed by atoms with Gasteiger partial charge in [-0.25, -0.2) is 0 Å². The molecule has 0 bridgehead atoms. The second-order valence-corrected chi connectivity index (χ2v) is 5.37. The van der Waals surface area contributed by atoms with E-state index in [0.717, 1.165) is 25.0 Å². The Kier molecular flexibility index (Phi) is 3.45. The van der Waals surface area contributed by atoms with Crippen molar-refractivity contribution in [3.8, 4) is 0 Å². The van der Waals surface area contributed by atoms with E-state index in [1.165, 1.54) is 25.7 Å². The van der Waals surface area contributed by atoms with Crippen molar-refractivity contribution in [2.45, 2.75) is 51.7 Å². The van der Waals surface area contributed by atoms with Gasteiger partial charge in [0.1, 0.15) is 0 Å². The second kappa shape index (κ2) is 4.63. The topological polar surface area (TPSA) is 21.3 Å². The molecule has 2 aliphatic rings. The van der Waals surface area contributed by atoms with Crippen LogP contribution in [0.4, 0.5) is 0 Å². The summed E-state index contributed by atoms with van der Waals surface area (Å²) in [6, 6.07) is 0.708. The fourth-order valence-corrected chi connectivity index (χ4v) is 2.21. The fourth-order valence-electron chi connectivity index (χ4n) is 2.21. The van der Waals surface area contributed by atoms with E-state index < -0.39 is 0 Å². The lowest BCUT2D eigenvalue weighted by molar-refractivity contribution is 0.0574. The standard InChI is InChI=1S/C12H23NO/c1-9(2)5-11-6-12(7-13-11)14-8-10-3-4-10/h9-13H,3-8H2,1-2H3. The predicted molar refractivity (Wildman–Crippen MR) is 58.3 cm³/mol. The first-order chi connectivity index (χ1) is 6.74. The van der Waals surface area contributed by atoms with Crippen LogP contribution in [0, 0.1) is 11.8 Å². The number of hydrogen-bond acceptors (Lipinski definition) is 2. The highest BCUT2D eigenvalue weighted by Gasteiger charge is 2.28. The Hall–Kier alpha value is -0.0800. The average Bonchev–Trinajstić information content (AvgIpc) is 2.84. The molecule has 1 heterocycles. The van der Waals surface area contributed by atoms with Gasteiger partial charge in [-0.05, 0) is 37.5 Å². The molecule has 1 saturated carbocycles. The van der Waals surface area contributed by atoms with E-state index in [1.807, 2.05) is 0 Å². The average molecular weight is 197 g/mol. The molecule has 2 heteroatoms. The lowest BCUT2D eigenvalue weighted by Gasteiger charge is -2.13. The van der Waals surface area contributed by atoms with Crippen LogP contribution in [0.1, 0.15) is 39.5 Å². The Morgan fingerprint density at radius 3 is 2.79 bits per heavy atom. The van der Waals surface area contributed by atoms with Crippen LogP contribution in [0.25, 0.3) is 0 Å². The van der Waals surface area contributed by atoms with Crippen molar-refractivity contribution in [3.05, 3.63) is 0 Å². The molecule has 1 saturated heterocycles. The summed E-state index contributed by atoms with van der Waals surface area (Å²) in [5.74, 6) is 1.70. The molecule has 0 radical (unpaired) electrons. The van der Waals surface area contributed by atoms with E-state index in [9.17, 15) is 0 Å². The molecule has 2 fully saturated rings.